The average Bonchev–Trinajstić information content (AvgIpc) is 2.90. The maximum absolute atomic E-state index is 12.7. The fourth-order valence-corrected chi connectivity index (χ4v) is 1.64. The van der Waals surface area contributed by atoms with E-state index in [0.717, 1.165) is 0 Å². The van der Waals surface area contributed by atoms with Gasteiger partial charge in [-0.3, -0.25) is 10.2 Å². The lowest BCUT2D eigenvalue weighted by atomic mass is 10.1. The van der Waals surface area contributed by atoms with E-state index in [0.29, 0.717) is 12.8 Å². The summed E-state index contributed by atoms with van der Waals surface area (Å²) in [5.41, 5.74) is -0.991. The van der Waals surface area contributed by atoms with Gasteiger partial charge in [0.2, 0.25) is 5.91 Å². The van der Waals surface area contributed by atoms with Crippen molar-refractivity contribution in [1.29, 1.82) is 0 Å². The molecule has 2 aliphatic rings. The molecule has 1 amide bonds. The molecule has 0 bridgehead atoms. The van der Waals surface area contributed by atoms with E-state index in [9.17, 15) is 23.1 Å². The van der Waals surface area contributed by atoms with Crippen molar-refractivity contribution in [1.82, 2.24) is 10.4 Å². The minimum absolute atomic E-state index is 0.0196. The molecule has 2 fully saturated rings. The number of hydrogen-bond donors (Lipinski definition) is 2. The Bertz CT molecular complexity index is 351. The number of hydrazine groups is 1. The van der Waals surface area contributed by atoms with Crippen LogP contribution < -0.4 is 5.43 Å². The van der Waals surface area contributed by atoms with Crippen molar-refractivity contribution in [3.05, 3.63) is 12.3 Å². The van der Waals surface area contributed by atoms with Crippen molar-refractivity contribution >= 4 is 5.91 Å². The third kappa shape index (κ3) is 1.55. The Morgan fingerprint density at radius 1 is 1.56 bits per heavy atom. The van der Waals surface area contributed by atoms with Crippen LogP contribution in [0.5, 0.6) is 0 Å². The van der Waals surface area contributed by atoms with Crippen molar-refractivity contribution in [2.24, 2.45) is 5.92 Å². The van der Waals surface area contributed by atoms with Crippen LogP contribution in [0.3, 0.4) is 0 Å². The predicted molar refractivity (Wildman–Crippen MR) is 47.5 cm³/mol. The quantitative estimate of drug-likeness (QED) is 0.711. The van der Waals surface area contributed by atoms with Crippen molar-refractivity contribution in [3.8, 4) is 0 Å². The first-order chi connectivity index (χ1) is 7.25. The zero-order chi connectivity index (χ0) is 12.1. The molecular formula is C9H11F3N2O2. The molecule has 1 aliphatic carbocycles. The van der Waals surface area contributed by atoms with Crippen LogP contribution in [0.15, 0.2) is 12.3 Å². The molecule has 0 aromatic rings. The molecule has 90 valence electrons. The molecule has 0 spiro atoms. The van der Waals surface area contributed by atoms with Crippen LogP contribution in [0.25, 0.3) is 0 Å². The van der Waals surface area contributed by atoms with Crippen LogP contribution in [0, 0.1) is 5.92 Å². The fourth-order valence-electron chi connectivity index (χ4n) is 1.64. The highest BCUT2D eigenvalue weighted by Gasteiger charge is 2.64. The lowest BCUT2D eigenvalue weighted by Crippen LogP contribution is -2.60. The molecule has 1 atom stereocenters. The van der Waals surface area contributed by atoms with Gasteiger partial charge in [-0.1, -0.05) is 6.58 Å². The zero-order valence-electron chi connectivity index (χ0n) is 8.34. The maximum atomic E-state index is 12.7. The topological polar surface area (TPSA) is 52.6 Å². The number of rotatable bonds is 1. The van der Waals surface area contributed by atoms with Crippen LogP contribution >= 0.6 is 0 Å². The number of carbonyl (C=O) groups is 1. The van der Waals surface area contributed by atoms with E-state index in [1.54, 1.807) is 0 Å². The third-order valence-corrected chi connectivity index (χ3v) is 2.70. The summed E-state index contributed by atoms with van der Waals surface area (Å²) in [6.45, 7) is 3.31. The highest BCUT2D eigenvalue weighted by Crippen LogP contribution is 2.43. The lowest BCUT2D eigenvalue weighted by molar-refractivity contribution is -0.304. The van der Waals surface area contributed by atoms with E-state index in [1.807, 2.05) is 0 Å². The Morgan fingerprint density at radius 3 is 2.56 bits per heavy atom. The molecule has 1 saturated carbocycles. The van der Waals surface area contributed by atoms with E-state index < -0.39 is 30.1 Å². The average molecular weight is 236 g/mol. The molecule has 0 aromatic carbocycles. The van der Waals surface area contributed by atoms with Crippen molar-refractivity contribution in [2.75, 3.05) is 0 Å². The molecule has 0 radical (unpaired) electrons. The van der Waals surface area contributed by atoms with Gasteiger partial charge in [-0.2, -0.15) is 13.2 Å². The van der Waals surface area contributed by atoms with Crippen LogP contribution in [0.2, 0.25) is 0 Å². The van der Waals surface area contributed by atoms with E-state index in [2.05, 4.69) is 12.0 Å². The van der Waals surface area contributed by atoms with Gasteiger partial charge in [0.05, 0.1) is 0 Å². The van der Waals surface area contributed by atoms with Crippen LogP contribution in [-0.2, 0) is 4.79 Å². The van der Waals surface area contributed by atoms with Gasteiger partial charge in [-0.25, -0.2) is 5.01 Å². The molecule has 1 aliphatic heterocycles. The third-order valence-electron chi connectivity index (χ3n) is 2.70. The van der Waals surface area contributed by atoms with E-state index in [4.69, 9.17) is 0 Å². The second kappa shape index (κ2) is 3.13. The number of aliphatic hydroxyl groups is 1. The molecule has 7 heteroatoms. The smallest absolute Gasteiger partial charge is 0.362 e. The van der Waals surface area contributed by atoms with Crippen LogP contribution in [-0.4, -0.2) is 27.9 Å². The number of carbonyl (C=O) groups excluding carboxylic acids is 1. The number of alkyl halides is 3. The molecule has 4 nitrogen and oxygen atoms in total. The second-order valence-electron chi connectivity index (χ2n) is 4.15. The first kappa shape index (κ1) is 11.3. The molecule has 1 heterocycles. The van der Waals surface area contributed by atoms with E-state index in [-0.39, 0.29) is 10.7 Å². The second-order valence-corrected chi connectivity index (χ2v) is 4.15. The Balaban J connectivity index is 2.28. The first-order valence-electron chi connectivity index (χ1n) is 4.83. The Labute approximate surface area is 89.7 Å². The molecule has 1 unspecified atom stereocenters. The minimum Gasteiger partial charge on any atom is -0.362 e. The first-order valence-corrected chi connectivity index (χ1v) is 4.83. The summed E-state index contributed by atoms with van der Waals surface area (Å²) in [7, 11) is 0. The van der Waals surface area contributed by atoms with Crippen molar-refractivity contribution < 1.29 is 23.1 Å². The van der Waals surface area contributed by atoms with Gasteiger partial charge in [0.25, 0.3) is 5.72 Å². The molecular weight excluding hydrogens is 225 g/mol. The van der Waals surface area contributed by atoms with Gasteiger partial charge in [0.1, 0.15) is 0 Å². The van der Waals surface area contributed by atoms with Gasteiger partial charge in [-0.15, -0.1) is 0 Å². The Kier molecular flexibility index (Phi) is 2.20. The molecule has 0 aromatic heterocycles. The summed E-state index contributed by atoms with van der Waals surface area (Å²) < 4.78 is 38.1. The molecule has 2 rings (SSSR count). The highest BCUT2D eigenvalue weighted by atomic mass is 19.4. The number of nitrogens with one attached hydrogen (secondary N) is 1. The van der Waals surface area contributed by atoms with Gasteiger partial charge < -0.3 is 5.11 Å². The van der Waals surface area contributed by atoms with Gasteiger partial charge in [0, 0.05) is 18.0 Å². The summed E-state index contributed by atoms with van der Waals surface area (Å²) in [4.78, 5) is 11.6. The normalized spacial score (nSPS) is 30.5. The Hall–Kier alpha value is -1.24. The maximum Gasteiger partial charge on any atom is 0.438 e. The van der Waals surface area contributed by atoms with Crippen LogP contribution in [0.1, 0.15) is 19.3 Å². The SMILES string of the molecule is C=C1CC(O)(C(F)(F)F)N(C(=O)C2CC2)N1. The van der Waals surface area contributed by atoms with Crippen molar-refractivity contribution in [2.45, 2.75) is 31.2 Å². The molecule has 2 N–H and O–H groups in total. The summed E-state index contributed by atoms with van der Waals surface area (Å²) >= 11 is 0. The standard InChI is InChI=1S/C9H11F3N2O2/c1-5-4-8(16,9(10,11)12)14(13-5)7(15)6-2-3-6/h6,13,16H,1-4H2. The van der Waals surface area contributed by atoms with Gasteiger partial charge in [0.15, 0.2) is 0 Å². The number of nitrogens with zero attached hydrogens (tertiary/aromatic N) is 1. The fraction of sp³-hybridized carbons (Fsp3) is 0.667. The molecule has 1 saturated heterocycles. The largest absolute Gasteiger partial charge is 0.438 e. The number of amides is 1. The Morgan fingerprint density at radius 2 is 2.12 bits per heavy atom. The highest BCUT2D eigenvalue weighted by molar-refractivity contribution is 5.81. The van der Waals surface area contributed by atoms with Gasteiger partial charge >= 0.3 is 6.18 Å². The van der Waals surface area contributed by atoms with E-state index in [1.165, 1.54) is 0 Å². The number of hydrogen-bond acceptors (Lipinski definition) is 3. The summed E-state index contributed by atoms with van der Waals surface area (Å²) in [5, 5.41) is 9.83. The van der Waals surface area contributed by atoms with Crippen molar-refractivity contribution in [3.63, 3.8) is 0 Å². The van der Waals surface area contributed by atoms with E-state index >= 15 is 0 Å². The summed E-state index contributed by atoms with van der Waals surface area (Å²) in [6, 6.07) is 0. The monoisotopic (exact) mass is 236 g/mol. The lowest BCUT2D eigenvalue weighted by Gasteiger charge is -2.33. The summed E-state index contributed by atoms with van der Waals surface area (Å²) in [6.07, 6.45) is -4.49. The minimum atomic E-state index is -4.90. The number of halogens is 3. The molecule has 16 heavy (non-hydrogen) atoms. The van der Waals surface area contributed by atoms with Gasteiger partial charge in [-0.05, 0) is 12.8 Å². The zero-order valence-corrected chi connectivity index (χ0v) is 8.34. The predicted octanol–water partition coefficient (Wildman–Crippen LogP) is 0.898. The summed E-state index contributed by atoms with van der Waals surface area (Å²) in [5.74, 6) is -1.13. The van der Waals surface area contributed by atoms with Crippen LogP contribution in [0.4, 0.5) is 13.2 Å².